The van der Waals surface area contributed by atoms with Crippen LogP contribution in [0.3, 0.4) is 0 Å². The molecule has 0 aliphatic rings. The van der Waals surface area contributed by atoms with Gasteiger partial charge in [-0.15, -0.1) is 0 Å². The maximum absolute atomic E-state index is 13.7. The van der Waals surface area contributed by atoms with Gasteiger partial charge in [-0.3, -0.25) is 4.79 Å². The van der Waals surface area contributed by atoms with E-state index in [0.717, 1.165) is 17.4 Å². The van der Waals surface area contributed by atoms with E-state index in [4.69, 9.17) is 0 Å². The summed E-state index contributed by atoms with van der Waals surface area (Å²) < 4.78 is 16.5. The van der Waals surface area contributed by atoms with Crippen LogP contribution < -0.4 is 0 Å². The smallest absolute Gasteiger partial charge is 0.270 e. The van der Waals surface area contributed by atoms with Crippen LogP contribution in [-0.2, 0) is 13.1 Å². The van der Waals surface area contributed by atoms with E-state index in [-0.39, 0.29) is 18.3 Å². The monoisotopic (exact) mass is 352 g/mol. The second-order valence-corrected chi connectivity index (χ2v) is 5.91. The van der Waals surface area contributed by atoms with Crippen molar-refractivity contribution in [1.29, 1.82) is 0 Å². The average Bonchev–Trinajstić information content (AvgIpc) is 2.81. The van der Waals surface area contributed by atoms with E-state index in [9.17, 15) is 9.18 Å². The van der Waals surface area contributed by atoms with Crippen LogP contribution in [0.1, 0.15) is 29.4 Å². The Morgan fingerprint density at radius 2 is 2.10 bits per heavy atom. The molecule has 5 heteroatoms. The summed E-state index contributed by atoms with van der Waals surface area (Å²) >= 11 is 3.40. The van der Waals surface area contributed by atoms with Crippen molar-refractivity contribution in [2.24, 2.45) is 0 Å². The van der Waals surface area contributed by atoms with E-state index in [1.54, 1.807) is 31.3 Å². The van der Waals surface area contributed by atoms with Crippen LogP contribution in [0.2, 0.25) is 0 Å². The van der Waals surface area contributed by atoms with Crippen molar-refractivity contribution < 1.29 is 9.18 Å². The number of benzene rings is 1. The van der Waals surface area contributed by atoms with Gasteiger partial charge in [0.25, 0.3) is 5.91 Å². The molecule has 0 atom stereocenters. The molecule has 1 aromatic carbocycles. The predicted molar refractivity (Wildman–Crippen MR) is 84.6 cm³/mol. The highest BCUT2D eigenvalue weighted by Crippen LogP contribution is 2.18. The Hall–Kier alpha value is -1.62. The minimum atomic E-state index is -0.290. The van der Waals surface area contributed by atoms with Crippen LogP contribution in [0.5, 0.6) is 0 Å². The quantitative estimate of drug-likeness (QED) is 0.796. The van der Waals surface area contributed by atoms with Gasteiger partial charge in [0.15, 0.2) is 0 Å². The predicted octanol–water partition coefficient (Wildman–Crippen LogP) is 4.07. The van der Waals surface area contributed by atoms with Crippen LogP contribution in [0.4, 0.5) is 4.39 Å². The van der Waals surface area contributed by atoms with E-state index in [1.165, 1.54) is 11.0 Å². The van der Waals surface area contributed by atoms with Gasteiger partial charge in [0, 0.05) is 36.4 Å². The van der Waals surface area contributed by atoms with Crippen LogP contribution in [0.15, 0.2) is 41.0 Å². The van der Waals surface area contributed by atoms with Gasteiger partial charge in [-0.25, -0.2) is 4.39 Å². The molecular weight excluding hydrogens is 335 g/mol. The number of hydrogen-bond acceptors (Lipinski definition) is 1. The highest BCUT2D eigenvalue weighted by Gasteiger charge is 2.18. The summed E-state index contributed by atoms with van der Waals surface area (Å²) in [5.74, 6) is -0.403. The normalized spacial score (nSPS) is 10.7. The van der Waals surface area contributed by atoms with Gasteiger partial charge in [-0.1, -0.05) is 25.1 Å². The third kappa shape index (κ3) is 3.73. The second-order valence-electron chi connectivity index (χ2n) is 4.99. The van der Waals surface area contributed by atoms with Crippen molar-refractivity contribution in [3.8, 4) is 0 Å². The van der Waals surface area contributed by atoms with E-state index < -0.39 is 0 Å². The van der Waals surface area contributed by atoms with Crippen LogP contribution in [-0.4, -0.2) is 22.4 Å². The summed E-state index contributed by atoms with van der Waals surface area (Å²) in [5.41, 5.74) is 1.13. The molecule has 0 bridgehead atoms. The van der Waals surface area contributed by atoms with Crippen LogP contribution in [0.25, 0.3) is 0 Å². The molecule has 2 aromatic rings. The number of carbonyl (C=O) groups is 1. The summed E-state index contributed by atoms with van der Waals surface area (Å²) in [4.78, 5) is 14.1. The lowest BCUT2D eigenvalue weighted by molar-refractivity contribution is 0.0773. The Balaban J connectivity index is 2.18. The van der Waals surface area contributed by atoms with E-state index >= 15 is 0 Å². The van der Waals surface area contributed by atoms with E-state index in [2.05, 4.69) is 22.9 Å². The molecule has 0 radical (unpaired) electrons. The molecule has 3 nitrogen and oxygen atoms in total. The molecule has 0 saturated heterocycles. The second kappa shape index (κ2) is 6.89. The zero-order chi connectivity index (χ0) is 15.4. The minimum Gasteiger partial charge on any atom is -0.342 e. The molecule has 112 valence electrons. The van der Waals surface area contributed by atoms with Crippen molar-refractivity contribution in [3.63, 3.8) is 0 Å². The van der Waals surface area contributed by atoms with Crippen molar-refractivity contribution in [1.82, 2.24) is 9.47 Å². The lowest BCUT2D eigenvalue weighted by Gasteiger charge is -2.18. The summed E-state index contributed by atoms with van der Waals surface area (Å²) in [6.45, 7) is 3.09. The zero-order valence-electron chi connectivity index (χ0n) is 12.1. The number of aryl methyl sites for hydroxylation is 1. The molecule has 1 amide bonds. The maximum Gasteiger partial charge on any atom is 0.270 e. The van der Waals surface area contributed by atoms with Gasteiger partial charge in [-0.05, 0) is 34.5 Å². The number of carbonyl (C=O) groups excluding carboxylic acids is 1. The zero-order valence-corrected chi connectivity index (χ0v) is 13.7. The molecule has 0 N–H and O–H groups in total. The fourth-order valence-corrected chi connectivity index (χ4v) is 2.69. The van der Waals surface area contributed by atoms with Crippen molar-refractivity contribution in [2.75, 3.05) is 7.05 Å². The topological polar surface area (TPSA) is 25.2 Å². The van der Waals surface area contributed by atoms with E-state index in [0.29, 0.717) is 11.3 Å². The van der Waals surface area contributed by atoms with Gasteiger partial charge in [0.2, 0.25) is 0 Å². The van der Waals surface area contributed by atoms with Gasteiger partial charge in [0.1, 0.15) is 11.5 Å². The number of rotatable bonds is 5. The van der Waals surface area contributed by atoms with Crippen molar-refractivity contribution in [3.05, 3.63) is 58.1 Å². The van der Waals surface area contributed by atoms with E-state index in [1.807, 2.05) is 10.8 Å². The summed E-state index contributed by atoms with van der Waals surface area (Å²) in [6.07, 6.45) is 2.84. The van der Waals surface area contributed by atoms with Crippen LogP contribution in [0, 0.1) is 5.82 Å². The van der Waals surface area contributed by atoms with Crippen molar-refractivity contribution in [2.45, 2.75) is 26.4 Å². The molecule has 2 rings (SSSR count). The molecule has 0 unspecified atom stereocenters. The summed E-state index contributed by atoms with van der Waals surface area (Å²) in [7, 11) is 1.69. The van der Waals surface area contributed by atoms with Crippen LogP contribution >= 0.6 is 15.9 Å². The fourth-order valence-electron chi connectivity index (χ4n) is 2.23. The Labute approximate surface area is 132 Å². The summed E-state index contributed by atoms with van der Waals surface area (Å²) in [6, 6.07) is 8.32. The molecule has 1 heterocycles. The fraction of sp³-hybridized carbons (Fsp3) is 0.312. The Kier molecular flexibility index (Phi) is 5.17. The first-order valence-electron chi connectivity index (χ1n) is 6.87. The average molecular weight is 353 g/mol. The van der Waals surface area contributed by atoms with Crippen molar-refractivity contribution >= 4 is 21.8 Å². The highest BCUT2D eigenvalue weighted by atomic mass is 79.9. The first kappa shape index (κ1) is 15.8. The number of hydrogen-bond donors (Lipinski definition) is 0. The molecule has 0 fully saturated rings. The maximum atomic E-state index is 13.7. The highest BCUT2D eigenvalue weighted by molar-refractivity contribution is 9.10. The SMILES string of the molecule is CCCn1cc(Br)cc1C(=O)N(C)Cc1ccccc1F. The lowest BCUT2D eigenvalue weighted by Crippen LogP contribution is -2.28. The number of nitrogens with zero attached hydrogens (tertiary/aromatic N) is 2. The molecule has 21 heavy (non-hydrogen) atoms. The standard InChI is InChI=1S/C16H18BrFN2O/c1-3-8-20-11-13(17)9-15(20)16(21)19(2)10-12-6-4-5-7-14(12)18/h4-7,9,11H,3,8,10H2,1-2H3. The number of amides is 1. The Bertz CT molecular complexity index is 639. The molecule has 0 aliphatic heterocycles. The summed E-state index contributed by atoms with van der Waals surface area (Å²) in [5, 5.41) is 0. The first-order valence-corrected chi connectivity index (χ1v) is 7.66. The largest absolute Gasteiger partial charge is 0.342 e. The molecule has 1 aromatic heterocycles. The first-order chi connectivity index (χ1) is 10.0. The molecule has 0 saturated carbocycles. The van der Waals surface area contributed by atoms with Gasteiger partial charge in [-0.2, -0.15) is 0 Å². The number of halogens is 2. The van der Waals surface area contributed by atoms with Gasteiger partial charge < -0.3 is 9.47 Å². The third-order valence-electron chi connectivity index (χ3n) is 3.26. The molecule has 0 spiro atoms. The molecule has 0 aliphatic carbocycles. The van der Waals surface area contributed by atoms with Gasteiger partial charge in [0.05, 0.1) is 0 Å². The third-order valence-corrected chi connectivity index (χ3v) is 3.69. The minimum absolute atomic E-state index is 0.114. The number of aromatic nitrogens is 1. The Morgan fingerprint density at radius 3 is 2.76 bits per heavy atom. The Morgan fingerprint density at radius 1 is 1.38 bits per heavy atom. The lowest BCUT2D eigenvalue weighted by atomic mass is 10.2. The molecular formula is C16H18BrFN2O. The van der Waals surface area contributed by atoms with Gasteiger partial charge >= 0.3 is 0 Å².